The Balaban J connectivity index is 2.45. The number of carbonyl (C=O) groups excluding carboxylic acids is 1. The van der Waals surface area contributed by atoms with Crippen molar-refractivity contribution in [2.24, 2.45) is 0 Å². The summed E-state index contributed by atoms with van der Waals surface area (Å²) in [6.07, 6.45) is 7.82. The molecule has 0 aromatic heterocycles. The van der Waals surface area contributed by atoms with Crippen LogP contribution >= 0.6 is 0 Å². The first kappa shape index (κ1) is 7.06. The van der Waals surface area contributed by atoms with Crippen molar-refractivity contribution in [3.63, 3.8) is 0 Å². The normalized spacial score (nSPS) is 18.2. The molecule has 0 aromatic carbocycles. The Kier molecular flexibility index (Phi) is 2.74. The molecule has 2 heteroatoms. The molecule has 1 rings (SSSR count). The minimum absolute atomic E-state index is 0.773. The van der Waals surface area contributed by atoms with E-state index in [4.69, 9.17) is 4.74 Å². The number of aldehydes is 1. The highest BCUT2D eigenvalue weighted by Crippen LogP contribution is 2.11. The zero-order valence-electron chi connectivity index (χ0n) is 5.75. The van der Waals surface area contributed by atoms with E-state index in [-0.39, 0.29) is 0 Å². The maximum absolute atomic E-state index is 9.89. The molecule has 2 nitrogen and oxygen atoms in total. The molecular weight excluding hydrogens is 128 g/mol. The fourth-order valence-corrected chi connectivity index (χ4v) is 0.870. The van der Waals surface area contributed by atoms with Gasteiger partial charge in [-0.3, -0.25) is 4.79 Å². The molecule has 54 valence electrons. The third kappa shape index (κ3) is 2.05. The van der Waals surface area contributed by atoms with Gasteiger partial charge in [0.15, 0.2) is 0 Å². The van der Waals surface area contributed by atoms with E-state index in [9.17, 15) is 4.79 Å². The second-order valence-corrected chi connectivity index (χ2v) is 2.16. The third-order valence-electron chi connectivity index (χ3n) is 1.35. The van der Waals surface area contributed by atoms with Gasteiger partial charge in [-0.2, -0.15) is 0 Å². The standard InChI is InChI=1S/C8H10O2/c9-5-1-3-8-4-2-6-10-7-8/h1,3,5,7H,2,4,6H2/b3-1+. The highest BCUT2D eigenvalue weighted by molar-refractivity contribution is 5.65. The van der Waals surface area contributed by atoms with Crippen molar-refractivity contribution in [2.45, 2.75) is 12.8 Å². The van der Waals surface area contributed by atoms with E-state index < -0.39 is 0 Å². The van der Waals surface area contributed by atoms with Crippen molar-refractivity contribution >= 4 is 6.29 Å². The molecule has 0 aromatic rings. The number of hydrogen-bond donors (Lipinski definition) is 0. The van der Waals surface area contributed by atoms with Crippen molar-refractivity contribution in [1.82, 2.24) is 0 Å². The van der Waals surface area contributed by atoms with Crippen molar-refractivity contribution in [2.75, 3.05) is 6.61 Å². The van der Waals surface area contributed by atoms with Crippen LogP contribution in [-0.4, -0.2) is 12.9 Å². The highest BCUT2D eigenvalue weighted by Gasteiger charge is 1.98. The predicted octanol–water partition coefficient (Wildman–Crippen LogP) is 1.44. The summed E-state index contributed by atoms with van der Waals surface area (Å²) in [5.41, 5.74) is 1.10. The predicted molar refractivity (Wildman–Crippen MR) is 38.5 cm³/mol. The van der Waals surface area contributed by atoms with Crippen LogP contribution in [0.4, 0.5) is 0 Å². The molecule has 10 heavy (non-hydrogen) atoms. The zero-order chi connectivity index (χ0) is 7.23. The monoisotopic (exact) mass is 138 g/mol. The number of hydrogen-bond acceptors (Lipinski definition) is 2. The van der Waals surface area contributed by atoms with Crippen molar-refractivity contribution in [3.05, 3.63) is 24.0 Å². The van der Waals surface area contributed by atoms with Crippen LogP contribution in [0.15, 0.2) is 24.0 Å². The quantitative estimate of drug-likeness (QED) is 0.426. The molecule has 0 fully saturated rings. The van der Waals surface area contributed by atoms with Gasteiger partial charge in [0.25, 0.3) is 0 Å². The Morgan fingerprint density at radius 2 is 2.50 bits per heavy atom. The van der Waals surface area contributed by atoms with Crippen LogP contribution < -0.4 is 0 Å². The van der Waals surface area contributed by atoms with Gasteiger partial charge in [0.1, 0.15) is 6.29 Å². The molecule has 0 saturated carbocycles. The fraction of sp³-hybridized carbons (Fsp3) is 0.375. The van der Waals surface area contributed by atoms with Gasteiger partial charge in [0, 0.05) is 0 Å². The van der Waals surface area contributed by atoms with Crippen molar-refractivity contribution < 1.29 is 9.53 Å². The minimum atomic E-state index is 0.773. The first-order valence-corrected chi connectivity index (χ1v) is 3.36. The van der Waals surface area contributed by atoms with Gasteiger partial charge in [0.05, 0.1) is 12.9 Å². The number of allylic oxidation sites excluding steroid dienone is 3. The second kappa shape index (κ2) is 3.88. The van der Waals surface area contributed by atoms with Crippen LogP contribution in [0.3, 0.4) is 0 Å². The van der Waals surface area contributed by atoms with Gasteiger partial charge in [-0.1, -0.05) is 6.08 Å². The molecule has 0 unspecified atom stereocenters. The van der Waals surface area contributed by atoms with Gasteiger partial charge in [-0.25, -0.2) is 0 Å². The lowest BCUT2D eigenvalue weighted by molar-refractivity contribution is -0.104. The van der Waals surface area contributed by atoms with Gasteiger partial charge < -0.3 is 4.74 Å². The topological polar surface area (TPSA) is 26.3 Å². The smallest absolute Gasteiger partial charge is 0.142 e. The lowest BCUT2D eigenvalue weighted by Gasteiger charge is -2.09. The molecule has 0 N–H and O–H groups in total. The maximum Gasteiger partial charge on any atom is 0.142 e. The first-order chi connectivity index (χ1) is 4.93. The average molecular weight is 138 g/mol. The summed E-state index contributed by atoms with van der Waals surface area (Å²) in [6, 6.07) is 0. The summed E-state index contributed by atoms with van der Waals surface area (Å²) < 4.78 is 5.05. The molecule has 1 aliphatic heterocycles. The first-order valence-electron chi connectivity index (χ1n) is 3.36. The van der Waals surface area contributed by atoms with Crippen LogP contribution in [0, 0.1) is 0 Å². The Labute approximate surface area is 60.2 Å². The van der Waals surface area contributed by atoms with Gasteiger partial charge >= 0.3 is 0 Å². The van der Waals surface area contributed by atoms with E-state index >= 15 is 0 Å². The molecule has 0 radical (unpaired) electrons. The van der Waals surface area contributed by atoms with E-state index in [1.165, 1.54) is 6.08 Å². The Morgan fingerprint density at radius 1 is 1.60 bits per heavy atom. The van der Waals surface area contributed by atoms with Gasteiger partial charge in [0.2, 0.25) is 0 Å². The summed E-state index contributed by atoms with van der Waals surface area (Å²) in [5.74, 6) is 0. The number of ether oxygens (including phenoxy) is 1. The van der Waals surface area contributed by atoms with E-state index in [2.05, 4.69) is 0 Å². The largest absolute Gasteiger partial charge is 0.501 e. The van der Waals surface area contributed by atoms with E-state index in [1.54, 1.807) is 12.3 Å². The fourth-order valence-electron chi connectivity index (χ4n) is 0.870. The summed E-state index contributed by atoms with van der Waals surface area (Å²) in [5, 5.41) is 0. The molecule has 0 atom stereocenters. The third-order valence-corrected chi connectivity index (χ3v) is 1.35. The summed E-state index contributed by atoms with van der Waals surface area (Å²) in [7, 11) is 0. The highest BCUT2D eigenvalue weighted by atomic mass is 16.5. The molecule has 1 aliphatic rings. The summed E-state index contributed by atoms with van der Waals surface area (Å²) in [4.78, 5) is 9.89. The molecule has 1 heterocycles. The Morgan fingerprint density at radius 3 is 3.10 bits per heavy atom. The lowest BCUT2D eigenvalue weighted by atomic mass is 10.1. The second-order valence-electron chi connectivity index (χ2n) is 2.16. The number of rotatable bonds is 2. The summed E-state index contributed by atoms with van der Waals surface area (Å²) in [6.45, 7) is 0.804. The van der Waals surface area contributed by atoms with E-state index in [0.717, 1.165) is 31.3 Å². The van der Waals surface area contributed by atoms with Crippen LogP contribution in [-0.2, 0) is 9.53 Å². The molecular formula is C8H10O2. The number of carbonyl (C=O) groups is 1. The van der Waals surface area contributed by atoms with E-state index in [1.807, 2.05) is 0 Å². The van der Waals surface area contributed by atoms with Crippen LogP contribution in [0.25, 0.3) is 0 Å². The Hall–Kier alpha value is -1.05. The molecule has 0 amide bonds. The molecule has 0 spiro atoms. The lowest BCUT2D eigenvalue weighted by Crippen LogP contribution is -1.96. The molecule has 0 saturated heterocycles. The maximum atomic E-state index is 9.89. The van der Waals surface area contributed by atoms with Gasteiger partial charge in [-0.15, -0.1) is 0 Å². The summed E-state index contributed by atoms with van der Waals surface area (Å²) >= 11 is 0. The van der Waals surface area contributed by atoms with Crippen molar-refractivity contribution in [3.8, 4) is 0 Å². The minimum Gasteiger partial charge on any atom is -0.501 e. The van der Waals surface area contributed by atoms with Crippen molar-refractivity contribution in [1.29, 1.82) is 0 Å². The van der Waals surface area contributed by atoms with E-state index in [0.29, 0.717) is 0 Å². The van der Waals surface area contributed by atoms with Crippen LogP contribution in [0.1, 0.15) is 12.8 Å². The molecule has 0 aliphatic carbocycles. The van der Waals surface area contributed by atoms with Crippen LogP contribution in [0.5, 0.6) is 0 Å². The van der Waals surface area contributed by atoms with Crippen LogP contribution in [0.2, 0.25) is 0 Å². The SMILES string of the molecule is O=C/C=C/C1=COCCC1. The van der Waals surface area contributed by atoms with Gasteiger partial charge in [-0.05, 0) is 24.5 Å². The average Bonchev–Trinajstić information content (AvgIpc) is 2.03. The zero-order valence-corrected chi connectivity index (χ0v) is 5.75. The molecule has 0 bridgehead atoms. The Bertz CT molecular complexity index is 165.